The zero-order valence-electron chi connectivity index (χ0n) is 59.3. The van der Waals surface area contributed by atoms with Crippen LogP contribution in [0.3, 0.4) is 0 Å². The summed E-state index contributed by atoms with van der Waals surface area (Å²) >= 11 is 0. The van der Waals surface area contributed by atoms with Crippen LogP contribution in [0.5, 0.6) is 0 Å². The normalized spacial score (nSPS) is 23.9. The quantitative estimate of drug-likeness (QED) is 0.0167. The van der Waals surface area contributed by atoms with Crippen LogP contribution in [0.1, 0.15) is 125 Å². The van der Waals surface area contributed by atoms with Crippen LogP contribution < -0.4 is 37.2 Å². The Bertz CT molecular complexity index is 2780. The van der Waals surface area contributed by atoms with E-state index in [-0.39, 0.29) is 185 Å². The maximum atomic E-state index is 13.4. The number of esters is 1. The van der Waals surface area contributed by atoms with Crippen LogP contribution in [0.2, 0.25) is 0 Å². The van der Waals surface area contributed by atoms with Crippen LogP contribution in [-0.4, -0.2) is 315 Å². The fourth-order valence-corrected chi connectivity index (χ4v) is 11.3. The molecule has 0 spiro atoms. The van der Waals surface area contributed by atoms with Gasteiger partial charge in [0.15, 0.2) is 12.6 Å². The van der Waals surface area contributed by atoms with Gasteiger partial charge in [-0.15, -0.1) is 0 Å². The molecule has 594 valence electrons. The van der Waals surface area contributed by atoms with Crippen LogP contribution in [0.4, 0.5) is 5.69 Å². The molecule has 3 saturated heterocycles. The number of rotatable bonds is 52. The molecule has 38 nitrogen and oxygen atoms in total. The monoisotopic (exact) mass is 1510 g/mol. The number of carbonyl (C=O) groups is 9. The average Bonchev–Trinajstić information content (AvgIpc) is 1.60. The van der Waals surface area contributed by atoms with Gasteiger partial charge < -0.3 is 135 Å². The first-order valence-corrected chi connectivity index (χ1v) is 36.4. The summed E-state index contributed by atoms with van der Waals surface area (Å²) in [6.07, 6.45) is -9.10. The highest BCUT2D eigenvalue weighted by atomic mass is 31.2. The molecule has 0 bridgehead atoms. The molecular formula is C65H109N8O30P. The van der Waals surface area contributed by atoms with E-state index >= 15 is 0 Å². The first-order valence-electron chi connectivity index (χ1n) is 34.9. The zero-order chi connectivity index (χ0) is 76.7. The third kappa shape index (κ3) is 33.4. The number of anilines is 1. The lowest BCUT2D eigenvalue weighted by Crippen LogP contribution is -2.59. The SMILES string of the molecule is CCCNC(=O)CCC(=O)OC[C@]1(C)CN(C(=O)CCCCCCCCC(=O)NCC(=O)NCCCC(=O)NCC(=O)Nc2cc(C(=O)NCCOCCOCCO[C@H]3O[C@H](CO)[C@@H](O)[C@H](O)[C@@H]3O)cc(C(=O)NCCOCCOCCO[C@H]3O[C@H](CO)[C@@H](O)[C@H](O)[C@@H]3O)c2)C[C@]1(C)COP(=O)(O)O. The molecule has 0 radical (unpaired) electrons. The summed E-state index contributed by atoms with van der Waals surface area (Å²) in [4.78, 5) is 136. The maximum absolute atomic E-state index is 13.4. The summed E-state index contributed by atoms with van der Waals surface area (Å²) in [5.41, 5.74) is -1.95. The van der Waals surface area contributed by atoms with E-state index in [0.29, 0.717) is 19.4 Å². The van der Waals surface area contributed by atoms with Crippen molar-refractivity contribution in [2.24, 2.45) is 10.8 Å². The number of unbranched alkanes of at least 4 members (excludes halogenated alkanes) is 5. The maximum Gasteiger partial charge on any atom is 0.469 e. The number of ether oxygens (including phenoxy) is 9. The van der Waals surface area contributed by atoms with Gasteiger partial charge in [0.05, 0.1) is 112 Å². The second-order valence-electron chi connectivity index (χ2n) is 25.7. The molecule has 3 fully saturated rings. The van der Waals surface area contributed by atoms with Gasteiger partial charge >= 0.3 is 13.8 Å². The highest BCUT2D eigenvalue weighted by molar-refractivity contribution is 7.46. The molecule has 0 aromatic heterocycles. The van der Waals surface area contributed by atoms with Gasteiger partial charge in [-0.25, -0.2) is 4.57 Å². The average molecular weight is 1510 g/mol. The van der Waals surface area contributed by atoms with Crippen LogP contribution in [-0.2, 0) is 85.3 Å². The molecule has 104 heavy (non-hydrogen) atoms. The van der Waals surface area contributed by atoms with Crippen molar-refractivity contribution in [1.82, 2.24) is 36.8 Å². The third-order valence-electron chi connectivity index (χ3n) is 17.2. The molecule has 1 aromatic carbocycles. The fourth-order valence-electron chi connectivity index (χ4n) is 10.8. The fraction of sp³-hybridized carbons (Fsp3) is 0.769. The zero-order valence-corrected chi connectivity index (χ0v) is 60.2. The van der Waals surface area contributed by atoms with Crippen molar-refractivity contribution in [3.63, 3.8) is 0 Å². The van der Waals surface area contributed by atoms with E-state index < -0.39 is 142 Å². The van der Waals surface area contributed by atoms with E-state index in [1.54, 1.807) is 18.7 Å². The standard InChI is InChI=1S/C65H109N8O30P/c1-4-17-66-49(78)15-16-53(82)100-40-64(2)38-73(39-65(64,3)41-101-104(91,92)93)52(81)14-10-8-6-5-7-9-12-47(76)70-34-50(79)67-18-11-13-48(77)71-35-51(80)72-44-32-42(60(89)68-19-21-94-23-25-96-27-29-98-62-58(87)56(85)54(83)45(36-74)102-62)31-43(33-44)61(90)69-20-22-95-24-26-97-28-30-99-63-59(88)57(86)55(84)46(37-75)103-63/h31-33,45-46,54-59,62-63,74-75,83-88H,4-30,34-41H2,1-3H3,(H,66,78)(H,67,79)(H,68,89)(H,69,90)(H,70,76)(H,71,77)(H,72,80)(H2,91,92,93)/t45-,46-,54-,55-,56+,57+,58+,59+,62+,63+,64+,65-/m1/s1. The van der Waals surface area contributed by atoms with Gasteiger partial charge in [0.1, 0.15) is 48.8 Å². The predicted molar refractivity (Wildman–Crippen MR) is 362 cm³/mol. The molecule has 8 amide bonds. The topological polar surface area (TPSA) is 553 Å². The molecule has 4 rings (SSSR count). The number of likely N-dealkylation sites (tertiary alicyclic amines) is 1. The van der Waals surface area contributed by atoms with Gasteiger partial charge in [-0.1, -0.05) is 46.5 Å². The lowest BCUT2D eigenvalue weighted by Gasteiger charge is -2.39. The molecule has 12 atom stereocenters. The Kier molecular flexibility index (Phi) is 41.9. The van der Waals surface area contributed by atoms with Crippen LogP contribution in [0, 0.1) is 10.8 Å². The van der Waals surface area contributed by atoms with Gasteiger partial charge in [-0.05, 0) is 43.9 Å². The van der Waals surface area contributed by atoms with E-state index in [4.69, 9.17) is 47.2 Å². The first-order chi connectivity index (χ1) is 49.5. The molecule has 1 aromatic rings. The molecule has 0 unspecified atom stereocenters. The Hall–Kier alpha value is -6.08. The minimum Gasteiger partial charge on any atom is -0.465 e. The Balaban J connectivity index is 1.11. The number of nitrogens with one attached hydrogen (secondary N) is 7. The number of phosphoric acid groups is 1. The summed E-state index contributed by atoms with van der Waals surface area (Å²) in [6, 6.07) is 3.92. The summed E-state index contributed by atoms with van der Waals surface area (Å²) < 4.78 is 65.3. The van der Waals surface area contributed by atoms with E-state index in [2.05, 4.69) is 37.2 Å². The van der Waals surface area contributed by atoms with Crippen molar-refractivity contribution < 1.29 is 146 Å². The predicted octanol–water partition coefficient (Wildman–Crippen LogP) is -4.15. The van der Waals surface area contributed by atoms with Crippen molar-refractivity contribution in [3.05, 3.63) is 29.3 Å². The number of hydrogen-bond donors (Lipinski definition) is 17. The summed E-state index contributed by atoms with van der Waals surface area (Å²) in [7, 11) is -4.87. The Morgan fingerprint density at radius 1 is 0.490 bits per heavy atom. The third-order valence-corrected chi connectivity index (χ3v) is 17.7. The molecule has 17 N–H and O–H groups in total. The largest absolute Gasteiger partial charge is 0.469 e. The number of carbonyl (C=O) groups excluding carboxylic acids is 9. The van der Waals surface area contributed by atoms with Crippen LogP contribution in [0.15, 0.2) is 18.2 Å². The number of aliphatic hydroxyl groups excluding tert-OH is 8. The van der Waals surface area contributed by atoms with Gasteiger partial charge in [-0.2, -0.15) is 0 Å². The lowest BCUT2D eigenvalue weighted by molar-refractivity contribution is -0.302. The summed E-state index contributed by atoms with van der Waals surface area (Å²) in [6.45, 7) is 3.95. The number of aliphatic hydroxyl groups is 8. The van der Waals surface area contributed by atoms with Crippen molar-refractivity contribution in [2.45, 2.75) is 166 Å². The Morgan fingerprint density at radius 2 is 0.933 bits per heavy atom. The number of amides is 8. The van der Waals surface area contributed by atoms with Gasteiger partial charge in [0, 0.05) is 92.6 Å². The van der Waals surface area contributed by atoms with E-state index in [1.807, 2.05) is 6.92 Å². The van der Waals surface area contributed by atoms with Crippen LogP contribution >= 0.6 is 7.82 Å². The second-order valence-corrected chi connectivity index (χ2v) is 27.0. The van der Waals surface area contributed by atoms with Gasteiger partial charge in [0.25, 0.3) is 11.8 Å². The number of nitrogens with zero attached hydrogens (tertiary/aromatic N) is 1. The second kappa shape index (κ2) is 48.3. The van der Waals surface area contributed by atoms with Crippen molar-refractivity contribution in [1.29, 1.82) is 0 Å². The van der Waals surface area contributed by atoms with E-state index in [0.717, 1.165) is 32.1 Å². The van der Waals surface area contributed by atoms with Gasteiger partial charge in [0.2, 0.25) is 35.4 Å². The number of benzene rings is 1. The smallest absolute Gasteiger partial charge is 0.465 e. The van der Waals surface area contributed by atoms with E-state index in [1.165, 1.54) is 18.2 Å². The Morgan fingerprint density at radius 3 is 1.43 bits per heavy atom. The lowest BCUT2D eigenvalue weighted by atomic mass is 9.69. The summed E-state index contributed by atoms with van der Waals surface area (Å²) in [5, 5.41) is 96.9. The molecular weight excluding hydrogens is 1400 g/mol. The number of hydrogen-bond acceptors (Lipinski definition) is 28. The van der Waals surface area contributed by atoms with Crippen LogP contribution in [0.25, 0.3) is 0 Å². The van der Waals surface area contributed by atoms with Crippen molar-refractivity contribution in [3.8, 4) is 0 Å². The first kappa shape index (κ1) is 90.3. The molecule has 0 saturated carbocycles. The molecule has 3 aliphatic rings. The molecule has 0 aliphatic carbocycles. The minimum absolute atomic E-state index is 0.00521. The molecule has 3 heterocycles. The molecule has 39 heteroatoms. The van der Waals surface area contributed by atoms with Crippen molar-refractivity contribution in [2.75, 3.05) is 150 Å². The highest BCUT2D eigenvalue weighted by Crippen LogP contribution is 2.50. The Labute approximate surface area is 603 Å². The van der Waals surface area contributed by atoms with Crippen molar-refractivity contribution >= 4 is 66.7 Å². The van der Waals surface area contributed by atoms with E-state index in [9.17, 15) is 98.4 Å². The highest BCUT2D eigenvalue weighted by Gasteiger charge is 2.55. The minimum atomic E-state index is -4.87. The number of phosphoric ester groups is 1. The van der Waals surface area contributed by atoms with Gasteiger partial charge in [-0.3, -0.25) is 47.7 Å². The molecule has 3 aliphatic heterocycles. The summed E-state index contributed by atoms with van der Waals surface area (Å²) in [5.74, 6) is -4.42.